The van der Waals surface area contributed by atoms with Gasteiger partial charge in [-0.3, -0.25) is 0 Å². The molecule has 0 heterocycles. The van der Waals surface area contributed by atoms with Crippen LogP contribution in [-0.2, 0) is 11.3 Å². The van der Waals surface area contributed by atoms with Gasteiger partial charge in [-0.1, -0.05) is 11.6 Å². The molecular weight excluding hydrogens is 209 g/mol. The highest BCUT2D eigenvalue weighted by atomic mass is 35.5. The Kier molecular flexibility index (Phi) is 4.13. The molecule has 2 N–H and O–H groups in total. The van der Waals surface area contributed by atoms with Gasteiger partial charge < -0.3 is 9.57 Å². The van der Waals surface area contributed by atoms with Crippen molar-refractivity contribution >= 4 is 11.6 Å². The van der Waals surface area contributed by atoms with Crippen LogP contribution in [0.2, 0.25) is 5.02 Å². The van der Waals surface area contributed by atoms with Crippen molar-refractivity contribution in [2.75, 3.05) is 13.7 Å². The Morgan fingerprint density at radius 2 is 2.21 bits per heavy atom. The van der Waals surface area contributed by atoms with Crippen molar-refractivity contribution in [3.05, 3.63) is 28.5 Å². The molecule has 0 aromatic heterocycles. The smallest absolute Gasteiger partial charge is 0.140 e. The first-order valence-corrected chi connectivity index (χ1v) is 4.40. The van der Waals surface area contributed by atoms with Crippen LogP contribution in [0.4, 0.5) is 4.39 Å². The number of benzene rings is 1. The fourth-order valence-electron chi connectivity index (χ4n) is 1.09. The summed E-state index contributed by atoms with van der Waals surface area (Å²) >= 11 is 5.82. The van der Waals surface area contributed by atoms with Crippen molar-refractivity contribution < 1.29 is 14.0 Å². The molecule has 0 amide bonds. The van der Waals surface area contributed by atoms with Crippen LogP contribution in [0.3, 0.4) is 0 Å². The first-order chi connectivity index (χ1) is 6.69. The maximum absolute atomic E-state index is 13.3. The highest BCUT2D eigenvalue weighted by molar-refractivity contribution is 6.32. The van der Waals surface area contributed by atoms with Gasteiger partial charge in [0, 0.05) is 12.5 Å². The Morgan fingerprint density at radius 1 is 1.50 bits per heavy atom. The van der Waals surface area contributed by atoms with E-state index in [4.69, 9.17) is 22.2 Å². The van der Waals surface area contributed by atoms with Crippen LogP contribution in [0.25, 0.3) is 0 Å². The average Bonchev–Trinajstić information content (AvgIpc) is 2.18. The third-order valence-corrected chi connectivity index (χ3v) is 2.11. The lowest BCUT2D eigenvalue weighted by Gasteiger charge is -2.07. The number of hydrogen-bond acceptors (Lipinski definition) is 3. The van der Waals surface area contributed by atoms with Gasteiger partial charge in [0.2, 0.25) is 0 Å². The first kappa shape index (κ1) is 11.2. The molecule has 0 bridgehead atoms. The lowest BCUT2D eigenvalue weighted by atomic mass is 10.1. The average molecular weight is 220 g/mol. The van der Waals surface area contributed by atoms with Gasteiger partial charge in [-0.05, 0) is 11.6 Å². The van der Waals surface area contributed by atoms with Crippen LogP contribution in [0.1, 0.15) is 5.56 Å². The van der Waals surface area contributed by atoms with Gasteiger partial charge in [-0.2, -0.15) is 0 Å². The second-order valence-electron chi connectivity index (χ2n) is 2.70. The Morgan fingerprint density at radius 3 is 2.79 bits per heavy atom. The molecule has 5 heteroatoms. The second kappa shape index (κ2) is 5.14. The summed E-state index contributed by atoms with van der Waals surface area (Å²) in [6.45, 7) is 0.250. The molecular formula is C9H11ClFNO2. The number of halogens is 2. The van der Waals surface area contributed by atoms with E-state index >= 15 is 0 Å². The molecule has 0 radical (unpaired) electrons. The Labute approximate surface area is 86.5 Å². The molecule has 14 heavy (non-hydrogen) atoms. The molecule has 1 aromatic rings. The monoisotopic (exact) mass is 219 g/mol. The fraction of sp³-hybridized carbons (Fsp3) is 0.333. The molecule has 1 rings (SSSR count). The van der Waals surface area contributed by atoms with Crippen LogP contribution in [0.5, 0.6) is 5.75 Å². The topological polar surface area (TPSA) is 44.5 Å². The molecule has 0 fully saturated rings. The number of rotatable bonds is 4. The standard InChI is InChI=1S/C9H11ClFNO2/c1-13-9-5-8(11)6(2-3-14-12)4-7(9)10/h4-5H,2-3,12H2,1H3. The molecule has 3 nitrogen and oxygen atoms in total. The summed E-state index contributed by atoms with van der Waals surface area (Å²) in [5.74, 6) is 4.79. The predicted molar refractivity (Wildman–Crippen MR) is 51.8 cm³/mol. The van der Waals surface area contributed by atoms with Crippen molar-refractivity contribution in [3.63, 3.8) is 0 Å². The van der Waals surface area contributed by atoms with Crippen LogP contribution in [0.15, 0.2) is 12.1 Å². The van der Waals surface area contributed by atoms with E-state index in [0.717, 1.165) is 0 Å². The van der Waals surface area contributed by atoms with Crippen molar-refractivity contribution in [2.24, 2.45) is 5.90 Å². The maximum atomic E-state index is 13.3. The van der Waals surface area contributed by atoms with Crippen LogP contribution >= 0.6 is 11.6 Å². The lowest BCUT2D eigenvalue weighted by Crippen LogP contribution is -2.05. The van der Waals surface area contributed by atoms with E-state index in [0.29, 0.717) is 22.8 Å². The molecule has 0 saturated carbocycles. The SMILES string of the molecule is COc1cc(F)c(CCON)cc1Cl. The van der Waals surface area contributed by atoms with Gasteiger partial charge >= 0.3 is 0 Å². The van der Waals surface area contributed by atoms with E-state index in [9.17, 15) is 4.39 Å². The van der Waals surface area contributed by atoms with Crippen molar-refractivity contribution in [3.8, 4) is 5.75 Å². The zero-order valence-electron chi connectivity index (χ0n) is 7.72. The molecule has 0 spiro atoms. The molecule has 0 atom stereocenters. The number of methoxy groups -OCH3 is 1. The van der Waals surface area contributed by atoms with Crippen molar-refractivity contribution in [1.29, 1.82) is 0 Å². The van der Waals surface area contributed by atoms with Gasteiger partial charge in [0.15, 0.2) is 0 Å². The van der Waals surface area contributed by atoms with Crippen LogP contribution in [0, 0.1) is 5.82 Å². The quantitative estimate of drug-likeness (QED) is 0.787. The van der Waals surface area contributed by atoms with E-state index in [2.05, 4.69) is 4.84 Å². The van der Waals surface area contributed by atoms with Crippen molar-refractivity contribution in [1.82, 2.24) is 0 Å². The zero-order valence-corrected chi connectivity index (χ0v) is 8.47. The van der Waals surface area contributed by atoms with E-state index in [1.54, 1.807) is 0 Å². The molecule has 0 unspecified atom stereocenters. The first-order valence-electron chi connectivity index (χ1n) is 4.02. The van der Waals surface area contributed by atoms with Gasteiger partial charge in [-0.25, -0.2) is 10.3 Å². The highest BCUT2D eigenvalue weighted by Crippen LogP contribution is 2.27. The van der Waals surface area contributed by atoms with Gasteiger partial charge in [0.1, 0.15) is 11.6 Å². The molecule has 0 aliphatic heterocycles. The molecule has 1 aromatic carbocycles. The molecule has 0 aliphatic carbocycles. The molecule has 78 valence electrons. The van der Waals surface area contributed by atoms with Gasteiger partial charge in [0.05, 0.1) is 18.7 Å². The number of ether oxygens (including phenoxy) is 1. The molecule has 0 aliphatic rings. The minimum Gasteiger partial charge on any atom is -0.495 e. The second-order valence-corrected chi connectivity index (χ2v) is 3.11. The summed E-state index contributed by atoms with van der Waals surface area (Å²) in [5.41, 5.74) is 0.459. The molecule has 0 saturated heterocycles. The lowest BCUT2D eigenvalue weighted by molar-refractivity contribution is 0.140. The minimum absolute atomic E-state index is 0.250. The van der Waals surface area contributed by atoms with Crippen LogP contribution < -0.4 is 10.6 Å². The fourth-order valence-corrected chi connectivity index (χ4v) is 1.35. The van der Waals surface area contributed by atoms with E-state index in [-0.39, 0.29) is 12.4 Å². The largest absolute Gasteiger partial charge is 0.495 e. The summed E-state index contributed by atoms with van der Waals surface area (Å²) < 4.78 is 18.2. The Bertz CT molecular complexity index is 320. The Balaban J connectivity index is 2.90. The number of hydrogen-bond donors (Lipinski definition) is 1. The summed E-state index contributed by atoms with van der Waals surface area (Å²) in [4.78, 5) is 4.36. The van der Waals surface area contributed by atoms with E-state index in [1.165, 1.54) is 19.2 Å². The van der Waals surface area contributed by atoms with Gasteiger partial charge in [0.25, 0.3) is 0 Å². The predicted octanol–water partition coefficient (Wildman–Crippen LogP) is 1.92. The third kappa shape index (κ3) is 2.57. The Hall–Kier alpha value is -0.840. The number of nitrogens with two attached hydrogens (primary N) is 1. The summed E-state index contributed by atoms with van der Waals surface area (Å²) in [6.07, 6.45) is 0.381. The highest BCUT2D eigenvalue weighted by Gasteiger charge is 2.08. The third-order valence-electron chi connectivity index (χ3n) is 1.81. The van der Waals surface area contributed by atoms with Gasteiger partial charge in [-0.15, -0.1) is 0 Å². The van der Waals surface area contributed by atoms with Crippen molar-refractivity contribution in [2.45, 2.75) is 6.42 Å². The van der Waals surface area contributed by atoms with E-state index < -0.39 is 0 Å². The maximum Gasteiger partial charge on any atom is 0.140 e. The summed E-state index contributed by atoms with van der Waals surface area (Å²) in [6, 6.07) is 2.75. The normalized spacial score (nSPS) is 10.3. The minimum atomic E-state index is -0.372. The zero-order chi connectivity index (χ0) is 10.6. The summed E-state index contributed by atoms with van der Waals surface area (Å²) in [7, 11) is 1.43. The summed E-state index contributed by atoms with van der Waals surface area (Å²) in [5, 5.41) is 0.376. The van der Waals surface area contributed by atoms with Crippen LogP contribution in [-0.4, -0.2) is 13.7 Å². The van der Waals surface area contributed by atoms with E-state index in [1.807, 2.05) is 0 Å².